The molecule has 2 nitrogen and oxygen atoms in total. The van der Waals surface area contributed by atoms with Crippen molar-refractivity contribution < 1.29 is 17.9 Å². The Balaban J connectivity index is 2.38. The molecule has 22 heavy (non-hydrogen) atoms. The molecule has 0 aliphatic rings. The van der Waals surface area contributed by atoms with Gasteiger partial charge in [-0.2, -0.15) is 14.0 Å². The standard InChI is InChI=1S/C14H6BrClF3NOS/c15-13-10(6-20)12(22-14(18)19)2-1-11(13)21-9-4-7(16)3-8(17)5-9/h1-5,14H. The summed E-state index contributed by atoms with van der Waals surface area (Å²) in [7, 11) is 0. The first-order chi connectivity index (χ1) is 10.4. The average molecular weight is 409 g/mol. The minimum absolute atomic E-state index is 0.0188. The van der Waals surface area contributed by atoms with Gasteiger partial charge in [0.1, 0.15) is 23.4 Å². The maximum Gasteiger partial charge on any atom is 0.288 e. The van der Waals surface area contributed by atoms with Gasteiger partial charge >= 0.3 is 0 Å². The number of hydrogen-bond acceptors (Lipinski definition) is 3. The number of benzene rings is 2. The van der Waals surface area contributed by atoms with Gasteiger partial charge in [0.05, 0.1) is 10.0 Å². The molecule has 0 spiro atoms. The average Bonchev–Trinajstić information content (AvgIpc) is 2.40. The lowest BCUT2D eigenvalue weighted by atomic mass is 10.2. The molecule has 0 saturated heterocycles. The van der Waals surface area contributed by atoms with E-state index in [2.05, 4.69) is 15.9 Å². The number of rotatable bonds is 4. The van der Waals surface area contributed by atoms with E-state index in [-0.39, 0.29) is 43.2 Å². The summed E-state index contributed by atoms with van der Waals surface area (Å²) < 4.78 is 43.8. The van der Waals surface area contributed by atoms with Crippen LogP contribution in [-0.2, 0) is 0 Å². The minimum atomic E-state index is -2.65. The molecule has 0 fully saturated rings. The molecule has 0 radical (unpaired) electrons. The van der Waals surface area contributed by atoms with E-state index in [0.717, 1.165) is 12.1 Å². The molecule has 2 aromatic rings. The van der Waals surface area contributed by atoms with Gasteiger partial charge in [-0.15, -0.1) is 0 Å². The van der Waals surface area contributed by atoms with E-state index in [9.17, 15) is 13.2 Å². The van der Waals surface area contributed by atoms with Gasteiger partial charge in [-0.1, -0.05) is 23.4 Å². The Morgan fingerprint density at radius 1 is 1.27 bits per heavy atom. The summed E-state index contributed by atoms with van der Waals surface area (Å²) in [4.78, 5) is 0.119. The molecule has 114 valence electrons. The van der Waals surface area contributed by atoms with Crippen molar-refractivity contribution >= 4 is 39.3 Å². The number of nitrogens with zero attached hydrogens (tertiary/aromatic N) is 1. The van der Waals surface area contributed by atoms with Crippen molar-refractivity contribution in [2.75, 3.05) is 0 Å². The maximum atomic E-state index is 13.3. The van der Waals surface area contributed by atoms with Crippen LogP contribution < -0.4 is 4.74 Å². The lowest BCUT2D eigenvalue weighted by Gasteiger charge is -2.11. The fourth-order valence-corrected chi connectivity index (χ4v) is 3.09. The Bertz CT molecular complexity index is 731. The highest BCUT2D eigenvalue weighted by molar-refractivity contribution is 9.10. The van der Waals surface area contributed by atoms with E-state index >= 15 is 0 Å². The van der Waals surface area contributed by atoms with Crippen LogP contribution in [0.15, 0.2) is 39.7 Å². The highest BCUT2D eigenvalue weighted by Crippen LogP contribution is 2.39. The molecular weight excluding hydrogens is 403 g/mol. The molecule has 0 atom stereocenters. The van der Waals surface area contributed by atoms with Gasteiger partial charge in [-0.3, -0.25) is 0 Å². The van der Waals surface area contributed by atoms with Crippen LogP contribution in [0.25, 0.3) is 0 Å². The molecule has 0 aromatic heterocycles. The van der Waals surface area contributed by atoms with Crippen molar-refractivity contribution in [2.45, 2.75) is 10.7 Å². The number of thioether (sulfide) groups is 1. The second-order valence-electron chi connectivity index (χ2n) is 3.95. The monoisotopic (exact) mass is 407 g/mol. The van der Waals surface area contributed by atoms with Crippen LogP contribution in [0.4, 0.5) is 13.2 Å². The van der Waals surface area contributed by atoms with Crippen LogP contribution in [0, 0.1) is 17.1 Å². The van der Waals surface area contributed by atoms with Crippen LogP contribution in [0.3, 0.4) is 0 Å². The molecule has 0 bridgehead atoms. The van der Waals surface area contributed by atoms with E-state index < -0.39 is 11.6 Å². The number of halogens is 5. The van der Waals surface area contributed by atoms with Crippen molar-refractivity contribution in [3.63, 3.8) is 0 Å². The minimum Gasteiger partial charge on any atom is -0.456 e. The molecule has 2 aromatic carbocycles. The SMILES string of the molecule is N#Cc1c(SC(F)F)ccc(Oc2cc(F)cc(Cl)c2)c1Br. The van der Waals surface area contributed by atoms with E-state index in [0.29, 0.717) is 0 Å². The van der Waals surface area contributed by atoms with Crippen molar-refractivity contribution in [3.8, 4) is 17.6 Å². The molecule has 0 amide bonds. The van der Waals surface area contributed by atoms with Crippen LogP contribution in [0.2, 0.25) is 5.02 Å². The van der Waals surface area contributed by atoms with Crippen LogP contribution in [-0.4, -0.2) is 5.76 Å². The Labute approximate surface area is 142 Å². The first-order valence-electron chi connectivity index (χ1n) is 5.72. The van der Waals surface area contributed by atoms with Crippen LogP contribution >= 0.6 is 39.3 Å². The van der Waals surface area contributed by atoms with Crippen LogP contribution in [0.1, 0.15) is 5.56 Å². The summed E-state index contributed by atoms with van der Waals surface area (Å²) in [6.45, 7) is 0. The van der Waals surface area contributed by atoms with Gasteiger partial charge in [0.25, 0.3) is 5.76 Å². The van der Waals surface area contributed by atoms with Crippen molar-refractivity contribution in [2.24, 2.45) is 0 Å². The fraction of sp³-hybridized carbons (Fsp3) is 0.0714. The number of alkyl halides is 2. The van der Waals surface area contributed by atoms with E-state index in [1.165, 1.54) is 18.2 Å². The highest BCUT2D eigenvalue weighted by Gasteiger charge is 2.17. The third-order valence-electron chi connectivity index (χ3n) is 2.46. The molecule has 0 aliphatic carbocycles. The molecule has 0 aliphatic heterocycles. The topological polar surface area (TPSA) is 33.0 Å². The Morgan fingerprint density at radius 2 is 2.00 bits per heavy atom. The first-order valence-corrected chi connectivity index (χ1v) is 7.77. The summed E-state index contributed by atoms with van der Waals surface area (Å²) in [6, 6.07) is 8.22. The van der Waals surface area contributed by atoms with E-state index in [1.54, 1.807) is 0 Å². The summed E-state index contributed by atoms with van der Waals surface area (Å²) >= 11 is 9.13. The quantitative estimate of drug-likeness (QED) is 0.563. The highest BCUT2D eigenvalue weighted by atomic mass is 79.9. The zero-order valence-electron chi connectivity index (χ0n) is 10.6. The van der Waals surface area contributed by atoms with Gasteiger partial charge in [-0.25, -0.2) is 4.39 Å². The molecular formula is C14H6BrClF3NOS. The van der Waals surface area contributed by atoms with Crippen molar-refractivity contribution in [3.05, 3.63) is 51.2 Å². The third-order valence-corrected chi connectivity index (χ3v) is 4.24. The molecule has 8 heteroatoms. The summed E-state index contributed by atoms with van der Waals surface area (Å²) in [5, 5.41) is 9.27. The van der Waals surface area contributed by atoms with E-state index in [4.69, 9.17) is 21.6 Å². The Hall–Kier alpha value is -1.36. The number of nitriles is 1. The molecule has 0 heterocycles. The van der Waals surface area contributed by atoms with Gasteiger partial charge < -0.3 is 4.74 Å². The van der Waals surface area contributed by atoms with Crippen LogP contribution in [0.5, 0.6) is 11.5 Å². The van der Waals surface area contributed by atoms with Gasteiger partial charge in [0.2, 0.25) is 0 Å². The van der Waals surface area contributed by atoms with Gasteiger partial charge in [0.15, 0.2) is 0 Å². The molecule has 0 N–H and O–H groups in total. The summed E-state index contributed by atoms with van der Waals surface area (Å²) in [6.07, 6.45) is 0. The number of hydrogen-bond donors (Lipinski definition) is 0. The second-order valence-corrected chi connectivity index (χ2v) is 6.21. The normalized spacial score (nSPS) is 10.6. The lowest BCUT2D eigenvalue weighted by Crippen LogP contribution is -1.93. The van der Waals surface area contributed by atoms with Gasteiger partial charge in [0, 0.05) is 16.0 Å². The lowest BCUT2D eigenvalue weighted by molar-refractivity contribution is 0.252. The maximum absolute atomic E-state index is 13.3. The van der Waals surface area contributed by atoms with Crippen molar-refractivity contribution in [1.29, 1.82) is 5.26 Å². The summed E-state index contributed by atoms with van der Waals surface area (Å²) in [5.74, 6) is -2.91. The largest absolute Gasteiger partial charge is 0.456 e. The smallest absolute Gasteiger partial charge is 0.288 e. The third kappa shape index (κ3) is 4.09. The first kappa shape index (κ1) is 17.0. The fourth-order valence-electron chi connectivity index (χ4n) is 1.63. The zero-order chi connectivity index (χ0) is 16.3. The summed E-state index contributed by atoms with van der Waals surface area (Å²) in [5.41, 5.74) is 0.0188. The van der Waals surface area contributed by atoms with E-state index in [1.807, 2.05) is 6.07 Å². The van der Waals surface area contributed by atoms with Gasteiger partial charge in [-0.05, 0) is 40.2 Å². The predicted molar refractivity (Wildman–Crippen MR) is 82.2 cm³/mol. The Morgan fingerprint density at radius 3 is 2.59 bits per heavy atom. The number of ether oxygens (including phenoxy) is 1. The zero-order valence-corrected chi connectivity index (χ0v) is 13.8. The Kier molecular flexibility index (Phi) is 5.62. The molecule has 2 rings (SSSR count). The van der Waals surface area contributed by atoms with Crippen molar-refractivity contribution in [1.82, 2.24) is 0 Å². The molecule has 0 unspecified atom stereocenters. The molecule has 0 saturated carbocycles. The predicted octanol–water partition coefficient (Wildman–Crippen LogP) is 6.22. The second kappa shape index (κ2) is 7.27.